The Labute approximate surface area is 160 Å². The van der Waals surface area contributed by atoms with Gasteiger partial charge in [-0.3, -0.25) is 0 Å². The lowest BCUT2D eigenvalue weighted by Crippen LogP contribution is -2.48. The van der Waals surface area contributed by atoms with E-state index in [1.54, 1.807) is 11.3 Å². The first-order valence-electron chi connectivity index (χ1n) is 8.96. The Hall–Kier alpha value is -2.08. The fourth-order valence-electron chi connectivity index (χ4n) is 2.46. The summed E-state index contributed by atoms with van der Waals surface area (Å²) in [5.41, 5.74) is 1.82. The molecule has 1 N–H and O–H groups in total. The summed E-state index contributed by atoms with van der Waals surface area (Å²) in [7, 11) is 0. The number of aromatic nitrogens is 1. The van der Waals surface area contributed by atoms with E-state index in [4.69, 9.17) is 4.74 Å². The first-order chi connectivity index (χ1) is 12.3. The SMILES string of the molecule is CCCN(Cc1csc(COc2cccc(C)c2)n1)C(=O)NC(C)(C)C. The van der Waals surface area contributed by atoms with E-state index in [0.29, 0.717) is 19.7 Å². The Morgan fingerprint density at radius 3 is 2.77 bits per heavy atom. The number of rotatable bonds is 7. The lowest BCUT2D eigenvalue weighted by atomic mass is 10.1. The largest absolute Gasteiger partial charge is 0.486 e. The first kappa shape index (κ1) is 20.2. The summed E-state index contributed by atoms with van der Waals surface area (Å²) >= 11 is 1.56. The second-order valence-corrected chi connectivity index (χ2v) is 8.38. The van der Waals surface area contributed by atoms with Crippen LogP contribution in [-0.4, -0.2) is 28.0 Å². The normalized spacial score (nSPS) is 11.3. The van der Waals surface area contributed by atoms with Gasteiger partial charge in [-0.15, -0.1) is 11.3 Å². The fourth-order valence-corrected chi connectivity index (χ4v) is 3.15. The molecule has 2 rings (SSSR count). The topological polar surface area (TPSA) is 54.5 Å². The molecule has 142 valence electrons. The smallest absolute Gasteiger partial charge is 0.318 e. The molecule has 0 aliphatic carbocycles. The highest BCUT2D eigenvalue weighted by atomic mass is 32.1. The molecule has 0 saturated heterocycles. The Morgan fingerprint density at radius 2 is 2.12 bits per heavy atom. The van der Waals surface area contributed by atoms with Gasteiger partial charge in [-0.1, -0.05) is 19.1 Å². The molecule has 2 amide bonds. The Bertz CT molecular complexity index is 722. The van der Waals surface area contributed by atoms with Crippen LogP contribution in [0.15, 0.2) is 29.6 Å². The van der Waals surface area contributed by atoms with Crippen molar-refractivity contribution in [3.05, 3.63) is 45.9 Å². The second kappa shape index (κ2) is 9.03. The number of benzene rings is 1. The highest BCUT2D eigenvalue weighted by Crippen LogP contribution is 2.17. The van der Waals surface area contributed by atoms with E-state index < -0.39 is 0 Å². The van der Waals surface area contributed by atoms with E-state index in [-0.39, 0.29) is 11.6 Å². The average molecular weight is 376 g/mol. The molecule has 0 atom stereocenters. The third-order valence-corrected chi connectivity index (χ3v) is 4.44. The van der Waals surface area contributed by atoms with Gasteiger partial charge >= 0.3 is 6.03 Å². The minimum atomic E-state index is -0.252. The first-order valence-corrected chi connectivity index (χ1v) is 9.84. The van der Waals surface area contributed by atoms with Crippen LogP contribution in [0.4, 0.5) is 4.79 Å². The van der Waals surface area contributed by atoms with E-state index in [9.17, 15) is 4.79 Å². The number of ether oxygens (including phenoxy) is 1. The van der Waals surface area contributed by atoms with Gasteiger partial charge in [-0.05, 0) is 51.8 Å². The Balaban J connectivity index is 1.95. The molecule has 0 radical (unpaired) electrons. The van der Waals surface area contributed by atoms with Crippen molar-refractivity contribution in [3.63, 3.8) is 0 Å². The maximum Gasteiger partial charge on any atom is 0.318 e. The average Bonchev–Trinajstić information content (AvgIpc) is 2.98. The van der Waals surface area contributed by atoms with Crippen LogP contribution in [0.1, 0.15) is 50.4 Å². The summed E-state index contributed by atoms with van der Waals surface area (Å²) in [5.74, 6) is 0.846. The number of urea groups is 1. The van der Waals surface area contributed by atoms with Gasteiger partial charge in [0.25, 0.3) is 0 Å². The minimum Gasteiger partial charge on any atom is -0.486 e. The van der Waals surface area contributed by atoms with Crippen molar-refractivity contribution in [2.75, 3.05) is 6.54 Å². The van der Waals surface area contributed by atoms with Crippen molar-refractivity contribution in [2.45, 2.75) is 59.7 Å². The summed E-state index contributed by atoms with van der Waals surface area (Å²) in [5, 5.41) is 5.93. The molecular weight excluding hydrogens is 346 g/mol. The van der Waals surface area contributed by atoms with Crippen molar-refractivity contribution < 1.29 is 9.53 Å². The molecule has 0 unspecified atom stereocenters. The van der Waals surface area contributed by atoms with E-state index >= 15 is 0 Å². The number of hydrogen-bond acceptors (Lipinski definition) is 4. The standard InChI is InChI=1S/C20H29N3O2S/c1-6-10-23(19(24)22-20(3,4)5)12-16-14-26-18(21-16)13-25-17-9-7-8-15(2)11-17/h7-9,11,14H,6,10,12-13H2,1-5H3,(H,22,24). The van der Waals surface area contributed by atoms with Gasteiger partial charge < -0.3 is 15.0 Å². The number of thiazole rings is 1. The van der Waals surface area contributed by atoms with Crippen LogP contribution >= 0.6 is 11.3 Å². The molecule has 26 heavy (non-hydrogen) atoms. The third kappa shape index (κ3) is 6.67. The molecule has 0 aliphatic rings. The second-order valence-electron chi connectivity index (χ2n) is 7.44. The maximum atomic E-state index is 12.5. The van der Waals surface area contributed by atoms with Gasteiger partial charge in [-0.2, -0.15) is 0 Å². The van der Waals surface area contributed by atoms with E-state index in [2.05, 4.69) is 17.2 Å². The van der Waals surface area contributed by atoms with Crippen molar-refractivity contribution >= 4 is 17.4 Å². The van der Waals surface area contributed by atoms with Crippen LogP contribution in [0.25, 0.3) is 0 Å². The number of carbonyl (C=O) groups is 1. The molecule has 0 aliphatic heterocycles. The molecule has 2 aromatic rings. The monoisotopic (exact) mass is 375 g/mol. The predicted octanol–water partition coefficient (Wildman–Crippen LogP) is 4.75. The van der Waals surface area contributed by atoms with Crippen LogP contribution in [0.2, 0.25) is 0 Å². The van der Waals surface area contributed by atoms with Crippen LogP contribution in [0.5, 0.6) is 5.75 Å². The van der Waals surface area contributed by atoms with Gasteiger partial charge in [0, 0.05) is 17.5 Å². The molecule has 0 saturated carbocycles. The maximum absolute atomic E-state index is 12.5. The van der Waals surface area contributed by atoms with Gasteiger partial charge in [0.05, 0.1) is 12.2 Å². The number of aryl methyl sites for hydroxylation is 1. The summed E-state index contributed by atoms with van der Waals surface area (Å²) in [6.07, 6.45) is 0.908. The highest BCUT2D eigenvalue weighted by molar-refractivity contribution is 7.09. The molecule has 5 nitrogen and oxygen atoms in total. The van der Waals surface area contributed by atoms with Gasteiger partial charge in [0.1, 0.15) is 17.4 Å². The quantitative estimate of drug-likeness (QED) is 0.760. The zero-order valence-corrected chi connectivity index (χ0v) is 17.2. The van der Waals surface area contributed by atoms with Gasteiger partial charge in [0.15, 0.2) is 0 Å². The zero-order valence-electron chi connectivity index (χ0n) is 16.3. The van der Waals surface area contributed by atoms with Crippen LogP contribution < -0.4 is 10.1 Å². The molecule has 1 aromatic heterocycles. The fraction of sp³-hybridized carbons (Fsp3) is 0.500. The van der Waals surface area contributed by atoms with Crippen molar-refractivity contribution in [3.8, 4) is 5.75 Å². The minimum absolute atomic E-state index is 0.0510. The molecule has 6 heteroatoms. The van der Waals surface area contributed by atoms with Crippen molar-refractivity contribution in [1.82, 2.24) is 15.2 Å². The summed E-state index contributed by atoms with van der Waals surface area (Å²) in [6.45, 7) is 11.7. The highest BCUT2D eigenvalue weighted by Gasteiger charge is 2.20. The molecular formula is C20H29N3O2S. The zero-order chi connectivity index (χ0) is 19.2. The van der Waals surface area contributed by atoms with E-state index in [1.165, 1.54) is 5.56 Å². The summed E-state index contributed by atoms with van der Waals surface area (Å²) < 4.78 is 5.81. The van der Waals surface area contributed by atoms with E-state index in [0.717, 1.165) is 22.9 Å². The van der Waals surface area contributed by atoms with Crippen molar-refractivity contribution in [2.24, 2.45) is 0 Å². The molecule has 1 heterocycles. The Morgan fingerprint density at radius 1 is 1.35 bits per heavy atom. The predicted molar refractivity (Wildman–Crippen MR) is 107 cm³/mol. The van der Waals surface area contributed by atoms with E-state index in [1.807, 2.05) is 62.2 Å². The number of amides is 2. The van der Waals surface area contributed by atoms with Gasteiger partial charge in [-0.25, -0.2) is 9.78 Å². The summed E-state index contributed by atoms with van der Waals surface area (Å²) in [4.78, 5) is 18.9. The lowest BCUT2D eigenvalue weighted by Gasteiger charge is -2.27. The number of carbonyl (C=O) groups excluding carboxylic acids is 1. The lowest BCUT2D eigenvalue weighted by molar-refractivity contribution is 0.185. The number of hydrogen-bond donors (Lipinski definition) is 1. The molecule has 0 fully saturated rings. The Kier molecular flexibility index (Phi) is 7.03. The molecule has 1 aromatic carbocycles. The number of nitrogens with zero attached hydrogens (tertiary/aromatic N) is 2. The van der Waals surface area contributed by atoms with Crippen molar-refractivity contribution in [1.29, 1.82) is 0 Å². The van der Waals surface area contributed by atoms with Crippen LogP contribution in [-0.2, 0) is 13.2 Å². The summed E-state index contributed by atoms with van der Waals surface area (Å²) in [6, 6.07) is 7.92. The molecule has 0 spiro atoms. The van der Waals surface area contributed by atoms with Crippen LogP contribution in [0, 0.1) is 6.92 Å². The molecule has 0 bridgehead atoms. The number of nitrogens with one attached hydrogen (secondary N) is 1. The third-order valence-electron chi connectivity index (χ3n) is 3.57. The van der Waals surface area contributed by atoms with Gasteiger partial charge in [0.2, 0.25) is 0 Å². The van der Waals surface area contributed by atoms with Crippen LogP contribution in [0.3, 0.4) is 0 Å².